The molecule has 4 heteroatoms. The average molecular weight is 196 g/mol. The Balaban J connectivity index is 2.44. The summed E-state index contributed by atoms with van der Waals surface area (Å²) in [4.78, 5) is 4.39. The Bertz CT molecular complexity index is 267. The number of nitrogens with zero attached hydrogens (tertiary/aromatic N) is 2. The largest absolute Gasteiger partial charge is 0.307 e. The minimum Gasteiger partial charge on any atom is -0.307 e. The standard InChI is InChI=1S/C10H20N4/c1-5-8(4)11-6-9-12-10(7(2)3)14-13-9/h7-8,11H,5-6H2,1-4H3,(H,12,13,14). The van der Waals surface area contributed by atoms with Crippen molar-refractivity contribution in [1.82, 2.24) is 20.5 Å². The molecule has 1 aromatic rings. The van der Waals surface area contributed by atoms with Crippen molar-refractivity contribution in [1.29, 1.82) is 0 Å². The van der Waals surface area contributed by atoms with Crippen LogP contribution in [0.1, 0.15) is 51.7 Å². The van der Waals surface area contributed by atoms with Crippen LogP contribution >= 0.6 is 0 Å². The van der Waals surface area contributed by atoms with Crippen molar-refractivity contribution in [3.8, 4) is 0 Å². The van der Waals surface area contributed by atoms with Gasteiger partial charge in [0.15, 0.2) is 5.82 Å². The van der Waals surface area contributed by atoms with E-state index in [2.05, 4.69) is 48.2 Å². The Morgan fingerprint density at radius 3 is 2.57 bits per heavy atom. The molecule has 80 valence electrons. The first-order chi connectivity index (χ1) is 6.63. The van der Waals surface area contributed by atoms with Gasteiger partial charge in [-0.3, -0.25) is 5.10 Å². The normalized spacial score (nSPS) is 13.5. The van der Waals surface area contributed by atoms with Gasteiger partial charge in [-0.25, -0.2) is 4.98 Å². The van der Waals surface area contributed by atoms with Gasteiger partial charge in [0.05, 0.1) is 6.54 Å². The molecule has 4 nitrogen and oxygen atoms in total. The Morgan fingerprint density at radius 2 is 2.07 bits per heavy atom. The minimum absolute atomic E-state index is 0.392. The highest BCUT2D eigenvalue weighted by atomic mass is 15.2. The van der Waals surface area contributed by atoms with E-state index in [0.29, 0.717) is 12.0 Å². The number of H-pyrrole nitrogens is 1. The smallest absolute Gasteiger partial charge is 0.153 e. The Labute approximate surface area is 85.5 Å². The molecule has 0 saturated heterocycles. The van der Waals surface area contributed by atoms with E-state index in [1.54, 1.807) is 0 Å². The fourth-order valence-electron chi connectivity index (χ4n) is 1.06. The molecular weight excluding hydrogens is 176 g/mol. The SMILES string of the molecule is CCC(C)NCc1nc(C(C)C)n[nH]1. The van der Waals surface area contributed by atoms with Gasteiger partial charge < -0.3 is 5.32 Å². The van der Waals surface area contributed by atoms with Gasteiger partial charge in [0.1, 0.15) is 5.82 Å². The van der Waals surface area contributed by atoms with Crippen molar-refractivity contribution in [2.45, 2.75) is 52.6 Å². The van der Waals surface area contributed by atoms with Gasteiger partial charge >= 0.3 is 0 Å². The summed E-state index contributed by atoms with van der Waals surface area (Å²) in [5.74, 6) is 2.21. The molecule has 0 radical (unpaired) electrons. The topological polar surface area (TPSA) is 53.6 Å². The Morgan fingerprint density at radius 1 is 1.36 bits per heavy atom. The lowest BCUT2D eigenvalue weighted by Crippen LogP contribution is -2.25. The number of hydrogen-bond donors (Lipinski definition) is 2. The summed E-state index contributed by atoms with van der Waals surface area (Å²) < 4.78 is 0. The van der Waals surface area contributed by atoms with Crippen LogP contribution in [-0.2, 0) is 6.54 Å². The molecular formula is C10H20N4. The molecule has 1 aromatic heterocycles. The monoisotopic (exact) mass is 196 g/mol. The van der Waals surface area contributed by atoms with Gasteiger partial charge in [0.2, 0.25) is 0 Å². The molecule has 0 amide bonds. The van der Waals surface area contributed by atoms with Crippen molar-refractivity contribution in [2.24, 2.45) is 0 Å². The van der Waals surface area contributed by atoms with Crippen LogP contribution in [0, 0.1) is 0 Å². The fourth-order valence-corrected chi connectivity index (χ4v) is 1.06. The van der Waals surface area contributed by atoms with E-state index in [-0.39, 0.29) is 0 Å². The quantitative estimate of drug-likeness (QED) is 0.755. The molecule has 1 atom stereocenters. The summed E-state index contributed by atoms with van der Waals surface area (Å²) in [7, 11) is 0. The predicted molar refractivity (Wildman–Crippen MR) is 57.1 cm³/mol. The second kappa shape index (κ2) is 5.10. The van der Waals surface area contributed by atoms with Crippen molar-refractivity contribution >= 4 is 0 Å². The third-order valence-electron chi connectivity index (χ3n) is 2.30. The molecule has 0 bridgehead atoms. The van der Waals surface area contributed by atoms with E-state index < -0.39 is 0 Å². The summed E-state index contributed by atoms with van der Waals surface area (Å²) in [6.45, 7) is 9.29. The lowest BCUT2D eigenvalue weighted by atomic mass is 10.2. The second-order valence-corrected chi connectivity index (χ2v) is 3.99. The Hall–Kier alpha value is -0.900. The molecule has 0 aromatic carbocycles. The van der Waals surface area contributed by atoms with Crippen molar-refractivity contribution in [3.63, 3.8) is 0 Å². The van der Waals surface area contributed by atoms with Crippen LogP contribution in [0.5, 0.6) is 0 Å². The van der Waals surface area contributed by atoms with Crippen LogP contribution in [0.25, 0.3) is 0 Å². The maximum absolute atomic E-state index is 4.39. The van der Waals surface area contributed by atoms with Crippen LogP contribution in [0.2, 0.25) is 0 Å². The van der Waals surface area contributed by atoms with Gasteiger partial charge in [0, 0.05) is 12.0 Å². The molecule has 14 heavy (non-hydrogen) atoms. The maximum atomic E-state index is 4.39. The predicted octanol–water partition coefficient (Wildman–Crippen LogP) is 1.82. The zero-order valence-electron chi connectivity index (χ0n) is 9.46. The lowest BCUT2D eigenvalue weighted by molar-refractivity contribution is 0.523. The molecule has 1 heterocycles. The van der Waals surface area contributed by atoms with Gasteiger partial charge in [-0.2, -0.15) is 5.10 Å². The first-order valence-electron chi connectivity index (χ1n) is 5.28. The van der Waals surface area contributed by atoms with Crippen molar-refractivity contribution < 1.29 is 0 Å². The number of hydrogen-bond acceptors (Lipinski definition) is 3. The van der Waals surface area contributed by atoms with Crippen molar-refractivity contribution in [3.05, 3.63) is 11.6 Å². The summed E-state index contributed by atoms with van der Waals surface area (Å²) in [6.07, 6.45) is 1.13. The van der Waals surface area contributed by atoms with Crippen LogP contribution < -0.4 is 5.32 Å². The third-order valence-corrected chi connectivity index (χ3v) is 2.30. The van der Waals surface area contributed by atoms with E-state index in [0.717, 1.165) is 24.6 Å². The van der Waals surface area contributed by atoms with Crippen LogP contribution in [-0.4, -0.2) is 21.2 Å². The van der Waals surface area contributed by atoms with Crippen LogP contribution in [0.3, 0.4) is 0 Å². The lowest BCUT2D eigenvalue weighted by Gasteiger charge is -2.08. The van der Waals surface area contributed by atoms with Gasteiger partial charge in [-0.1, -0.05) is 20.8 Å². The molecule has 1 unspecified atom stereocenters. The van der Waals surface area contributed by atoms with Gasteiger partial charge in [-0.15, -0.1) is 0 Å². The highest BCUT2D eigenvalue weighted by Gasteiger charge is 2.07. The molecule has 0 spiro atoms. The van der Waals surface area contributed by atoms with E-state index in [4.69, 9.17) is 0 Å². The maximum Gasteiger partial charge on any atom is 0.153 e. The van der Waals surface area contributed by atoms with E-state index in [9.17, 15) is 0 Å². The van der Waals surface area contributed by atoms with Crippen molar-refractivity contribution in [2.75, 3.05) is 0 Å². The number of nitrogens with one attached hydrogen (secondary N) is 2. The third kappa shape index (κ3) is 3.10. The molecule has 0 saturated carbocycles. The second-order valence-electron chi connectivity index (χ2n) is 3.99. The molecule has 0 aliphatic rings. The molecule has 1 rings (SSSR count). The van der Waals surface area contributed by atoms with Crippen LogP contribution in [0.4, 0.5) is 0 Å². The molecule has 0 aliphatic heterocycles. The number of aromatic amines is 1. The zero-order chi connectivity index (χ0) is 10.6. The van der Waals surface area contributed by atoms with E-state index in [1.807, 2.05) is 0 Å². The number of rotatable bonds is 5. The fraction of sp³-hybridized carbons (Fsp3) is 0.800. The highest BCUT2D eigenvalue weighted by molar-refractivity contribution is 4.94. The summed E-state index contributed by atoms with van der Waals surface area (Å²) in [5, 5.41) is 10.5. The van der Waals surface area contributed by atoms with Gasteiger partial charge in [0.25, 0.3) is 0 Å². The zero-order valence-corrected chi connectivity index (χ0v) is 9.46. The van der Waals surface area contributed by atoms with E-state index >= 15 is 0 Å². The average Bonchev–Trinajstić information content (AvgIpc) is 2.62. The van der Waals surface area contributed by atoms with E-state index in [1.165, 1.54) is 0 Å². The van der Waals surface area contributed by atoms with Crippen LogP contribution in [0.15, 0.2) is 0 Å². The molecule has 2 N–H and O–H groups in total. The minimum atomic E-state index is 0.392. The highest BCUT2D eigenvalue weighted by Crippen LogP contribution is 2.07. The number of aromatic nitrogens is 3. The van der Waals surface area contributed by atoms with Gasteiger partial charge in [-0.05, 0) is 13.3 Å². The summed E-state index contributed by atoms with van der Waals surface area (Å²) >= 11 is 0. The Kier molecular flexibility index (Phi) is 4.07. The molecule has 0 aliphatic carbocycles. The first kappa shape index (κ1) is 11.2. The summed E-state index contributed by atoms with van der Waals surface area (Å²) in [5.41, 5.74) is 0. The summed E-state index contributed by atoms with van der Waals surface area (Å²) in [6, 6.07) is 0.530. The molecule has 0 fully saturated rings. The first-order valence-corrected chi connectivity index (χ1v) is 5.28.